The first-order chi connectivity index (χ1) is 16.5. The van der Waals surface area contributed by atoms with E-state index in [1.807, 2.05) is 19.1 Å². The number of unbranched alkanes of at least 4 members (excludes halogenated alkanes) is 1. The Morgan fingerprint density at radius 2 is 1.76 bits per heavy atom. The molecule has 1 N–H and O–H groups in total. The highest BCUT2D eigenvalue weighted by molar-refractivity contribution is 5.96. The van der Waals surface area contributed by atoms with E-state index in [1.54, 1.807) is 54.6 Å². The number of rotatable bonds is 10. The van der Waals surface area contributed by atoms with E-state index in [4.69, 9.17) is 14.2 Å². The smallest absolute Gasteiger partial charge is 0.343 e. The molecule has 0 aliphatic carbocycles. The second-order valence-corrected chi connectivity index (χ2v) is 7.54. The molecule has 3 aromatic rings. The van der Waals surface area contributed by atoms with Crippen molar-refractivity contribution < 1.29 is 23.8 Å². The van der Waals surface area contributed by atoms with E-state index in [0.29, 0.717) is 34.8 Å². The van der Waals surface area contributed by atoms with Crippen LogP contribution in [0.15, 0.2) is 71.8 Å². The van der Waals surface area contributed by atoms with E-state index < -0.39 is 5.97 Å². The summed E-state index contributed by atoms with van der Waals surface area (Å²) in [5, 5.41) is 4.01. The van der Waals surface area contributed by atoms with E-state index in [0.717, 1.165) is 18.4 Å². The molecule has 3 aromatic carbocycles. The number of hydrazone groups is 1. The van der Waals surface area contributed by atoms with Crippen molar-refractivity contribution in [2.24, 2.45) is 5.10 Å². The highest BCUT2D eigenvalue weighted by Gasteiger charge is 2.13. The molecular formula is C27H28N2O5. The molecule has 0 spiro atoms. The van der Waals surface area contributed by atoms with Crippen molar-refractivity contribution in [1.82, 2.24) is 5.43 Å². The van der Waals surface area contributed by atoms with Crippen LogP contribution in [-0.4, -0.2) is 31.8 Å². The highest BCUT2D eigenvalue weighted by Crippen LogP contribution is 2.28. The molecule has 0 aromatic heterocycles. The minimum absolute atomic E-state index is 0.275. The molecule has 0 bridgehead atoms. The lowest BCUT2D eigenvalue weighted by atomic mass is 10.1. The average Bonchev–Trinajstić information content (AvgIpc) is 2.85. The molecule has 0 atom stereocenters. The van der Waals surface area contributed by atoms with Gasteiger partial charge in [-0.3, -0.25) is 4.79 Å². The monoisotopic (exact) mass is 460 g/mol. The van der Waals surface area contributed by atoms with Gasteiger partial charge in [0.15, 0.2) is 11.5 Å². The summed E-state index contributed by atoms with van der Waals surface area (Å²) in [6.07, 6.45) is 3.52. The summed E-state index contributed by atoms with van der Waals surface area (Å²) < 4.78 is 16.5. The van der Waals surface area contributed by atoms with Gasteiger partial charge in [0.2, 0.25) is 0 Å². The van der Waals surface area contributed by atoms with Gasteiger partial charge < -0.3 is 14.2 Å². The van der Waals surface area contributed by atoms with Crippen LogP contribution < -0.4 is 19.6 Å². The molecule has 0 heterocycles. The van der Waals surface area contributed by atoms with Crippen LogP contribution in [0.1, 0.15) is 51.6 Å². The number of ether oxygens (including phenoxy) is 3. The molecule has 7 nitrogen and oxygen atoms in total. The second-order valence-electron chi connectivity index (χ2n) is 7.54. The van der Waals surface area contributed by atoms with Crippen LogP contribution >= 0.6 is 0 Å². The molecule has 176 valence electrons. The summed E-state index contributed by atoms with van der Waals surface area (Å²) in [5.41, 5.74) is 4.99. The van der Waals surface area contributed by atoms with Crippen molar-refractivity contribution >= 4 is 18.1 Å². The number of aryl methyl sites for hydroxylation is 1. The van der Waals surface area contributed by atoms with Crippen LogP contribution in [0.4, 0.5) is 0 Å². The van der Waals surface area contributed by atoms with Crippen molar-refractivity contribution in [3.63, 3.8) is 0 Å². The third kappa shape index (κ3) is 6.68. The predicted octanol–water partition coefficient (Wildman–Crippen LogP) is 5.17. The van der Waals surface area contributed by atoms with E-state index in [9.17, 15) is 9.59 Å². The van der Waals surface area contributed by atoms with Crippen molar-refractivity contribution in [1.29, 1.82) is 0 Å². The van der Waals surface area contributed by atoms with Crippen LogP contribution in [0.25, 0.3) is 0 Å². The Morgan fingerprint density at radius 3 is 2.47 bits per heavy atom. The lowest BCUT2D eigenvalue weighted by Gasteiger charge is -2.10. The topological polar surface area (TPSA) is 86.2 Å². The van der Waals surface area contributed by atoms with Crippen molar-refractivity contribution in [3.8, 4) is 17.2 Å². The Bertz CT molecular complexity index is 1160. The minimum atomic E-state index is -0.509. The normalized spacial score (nSPS) is 10.7. The van der Waals surface area contributed by atoms with Crippen LogP contribution in [0.5, 0.6) is 17.2 Å². The molecule has 34 heavy (non-hydrogen) atoms. The first kappa shape index (κ1) is 24.5. The highest BCUT2D eigenvalue weighted by atomic mass is 16.6. The lowest BCUT2D eigenvalue weighted by molar-refractivity contribution is 0.0729. The molecular weight excluding hydrogens is 432 g/mol. The number of nitrogens with one attached hydrogen (secondary N) is 1. The number of hydrogen-bond acceptors (Lipinski definition) is 6. The van der Waals surface area contributed by atoms with Crippen LogP contribution in [0.2, 0.25) is 0 Å². The fraction of sp³-hybridized carbons (Fsp3) is 0.222. The van der Waals surface area contributed by atoms with E-state index >= 15 is 0 Å². The van der Waals surface area contributed by atoms with Gasteiger partial charge in [-0.2, -0.15) is 5.10 Å². The summed E-state index contributed by atoms with van der Waals surface area (Å²) in [6.45, 7) is 4.60. The zero-order chi connectivity index (χ0) is 24.3. The number of carbonyl (C=O) groups is 2. The Morgan fingerprint density at radius 1 is 1.00 bits per heavy atom. The van der Waals surface area contributed by atoms with Gasteiger partial charge >= 0.3 is 5.97 Å². The number of hydrogen-bond donors (Lipinski definition) is 1. The van der Waals surface area contributed by atoms with Gasteiger partial charge in [-0.1, -0.05) is 31.5 Å². The third-order valence-electron chi connectivity index (χ3n) is 5.02. The van der Waals surface area contributed by atoms with Crippen molar-refractivity contribution in [2.75, 3.05) is 13.7 Å². The van der Waals surface area contributed by atoms with E-state index in [2.05, 4.69) is 17.5 Å². The predicted molar refractivity (Wildman–Crippen MR) is 131 cm³/mol. The number of methoxy groups -OCH3 is 1. The number of amides is 1. The Balaban J connectivity index is 1.62. The van der Waals surface area contributed by atoms with Crippen molar-refractivity contribution in [2.45, 2.75) is 26.7 Å². The molecule has 3 rings (SSSR count). The number of nitrogens with zero attached hydrogens (tertiary/aromatic N) is 1. The van der Waals surface area contributed by atoms with Crippen LogP contribution in [-0.2, 0) is 0 Å². The molecule has 7 heteroatoms. The summed E-state index contributed by atoms with van der Waals surface area (Å²) in [5.74, 6) is 0.540. The van der Waals surface area contributed by atoms with Gasteiger partial charge in [0.1, 0.15) is 5.75 Å². The molecule has 0 saturated carbocycles. The van der Waals surface area contributed by atoms with Crippen LogP contribution in [0, 0.1) is 6.92 Å². The standard InChI is InChI=1S/C27H28N2O5/c1-4-5-16-33-22-13-11-21(12-14-22)27(31)34-24-15-10-20(17-25(24)32-3)18-28-29-26(30)23-9-7-6-8-19(23)2/h6-15,17-18H,4-5,16H2,1-3H3,(H,29,30)/b28-18-. The maximum Gasteiger partial charge on any atom is 0.343 e. The molecule has 0 saturated heterocycles. The summed E-state index contributed by atoms with van der Waals surface area (Å²) in [7, 11) is 1.48. The number of esters is 1. The average molecular weight is 461 g/mol. The summed E-state index contributed by atoms with van der Waals surface area (Å²) in [4.78, 5) is 24.8. The molecule has 0 fully saturated rings. The van der Waals surface area contributed by atoms with Gasteiger partial charge in [0, 0.05) is 5.56 Å². The fourth-order valence-corrected chi connectivity index (χ4v) is 3.08. The van der Waals surface area contributed by atoms with E-state index in [1.165, 1.54) is 13.3 Å². The zero-order valence-electron chi connectivity index (χ0n) is 19.5. The summed E-state index contributed by atoms with van der Waals surface area (Å²) >= 11 is 0. The van der Waals surface area contributed by atoms with Gasteiger partial charge in [0.05, 0.1) is 25.5 Å². The van der Waals surface area contributed by atoms with Gasteiger partial charge in [-0.25, -0.2) is 10.2 Å². The zero-order valence-corrected chi connectivity index (χ0v) is 19.5. The second kappa shape index (κ2) is 12.2. The maximum absolute atomic E-state index is 12.6. The molecule has 1 amide bonds. The molecule has 0 unspecified atom stereocenters. The molecule has 0 aliphatic rings. The summed E-state index contributed by atoms with van der Waals surface area (Å²) in [6, 6.07) is 19.1. The Hall–Kier alpha value is -4.13. The quantitative estimate of drug-likeness (QED) is 0.148. The first-order valence-electron chi connectivity index (χ1n) is 11.0. The van der Waals surface area contributed by atoms with Gasteiger partial charge in [-0.15, -0.1) is 0 Å². The largest absolute Gasteiger partial charge is 0.494 e. The number of benzene rings is 3. The molecule has 0 aliphatic heterocycles. The maximum atomic E-state index is 12.6. The SMILES string of the molecule is CCCCOc1ccc(C(=O)Oc2ccc(/C=N\NC(=O)c3ccccc3C)cc2OC)cc1. The third-order valence-corrected chi connectivity index (χ3v) is 5.02. The fourth-order valence-electron chi connectivity index (χ4n) is 3.08. The van der Waals surface area contributed by atoms with Gasteiger partial charge in [-0.05, 0) is 73.0 Å². The Kier molecular flexibility index (Phi) is 8.80. The molecule has 0 radical (unpaired) electrons. The van der Waals surface area contributed by atoms with E-state index in [-0.39, 0.29) is 11.7 Å². The Labute approximate surface area is 199 Å². The minimum Gasteiger partial charge on any atom is -0.494 e. The number of carbonyl (C=O) groups excluding carboxylic acids is 2. The first-order valence-corrected chi connectivity index (χ1v) is 11.0. The van der Waals surface area contributed by atoms with Gasteiger partial charge in [0.25, 0.3) is 5.91 Å². The van der Waals surface area contributed by atoms with Crippen LogP contribution in [0.3, 0.4) is 0 Å². The van der Waals surface area contributed by atoms with Crippen molar-refractivity contribution in [3.05, 3.63) is 89.0 Å². The lowest BCUT2D eigenvalue weighted by Crippen LogP contribution is -2.18.